The first-order chi connectivity index (χ1) is 14.8. The normalized spacial score (nSPS) is 14.8. The van der Waals surface area contributed by atoms with Crippen LogP contribution in [0.2, 0.25) is 5.02 Å². The van der Waals surface area contributed by atoms with Crippen LogP contribution in [0.4, 0.5) is 0 Å². The zero-order chi connectivity index (χ0) is 22.4. The molecule has 0 radical (unpaired) electrons. The standard InChI is InChI=1S/C25H31ClN2O3/c1-17-12-18(2)14-23(13-17)31-16-24(29)28(15-20-8-10-21(26)11-9-20)19(3)25(30)27-22-6-4-5-7-22/h8-14,19,22H,4-7,15-16H2,1-3H3,(H,27,30)/t19-/m1/s1. The maximum absolute atomic E-state index is 13.1. The highest BCUT2D eigenvalue weighted by Crippen LogP contribution is 2.20. The number of nitrogens with zero attached hydrogens (tertiary/aromatic N) is 1. The number of hydrogen-bond donors (Lipinski definition) is 1. The van der Waals surface area contributed by atoms with Gasteiger partial charge in [0, 0.05) is 17.6 Å². The Morgan fingerprint density at radius 1 is 1.10 bits per heavy atom. The summed E-state index contributed by atoms with van der Waals surface area (Å²) in [4.78, 5) is 27.6. The van der Waals surface area contributed by atoms with Crippen molar-refractivity contribution in [2.75, 3.05) is 6.61 Å². The second-order valence-electron chi connectivity index (χ2n) is 8.43. The van der Waals surface area contributed by atoms with Gasteiger partial charge >= 0.3 is 0 Å². The molecule has 0 aromatic heterocycles. The molecule has 0 aliphatic heterocycles. The average molecular weight is 443 g/mol. The third-order valence-corrected chi connectivity index (χ3v) is 5.94. The van der Waals surface area contributed by atoms with Gasteiger partial charge in [0.25, 0.3) is 5.91 Å². The van der Waals surface area contributed by atoms with Crippen LogP contribution in [0.25, 0.3) is 0 Å². The minimum absolute atomic E-state index is 0.124. The molecule has 1 saturated carbocycles. The van der Waals surface area contributed by atoms with Crippen LogP contribution in [0.5, 0.6) is 5.75 Å². The molecule has 1 fully saturated rings. The van der Waals surface area contributed by atoms with Crippen molar-refractivity contribution in [1.82, 2.24) is 10.2 Å². The van der Waals surface area contributed by atoms with E-state index in [1.54, 1.807) is 24.0 Å². The van der Waals surface area contributed by atoms with Crippen LogP contribution in [-0.4, -0.2) is 35.4 Å². The number of carbonyl (C=O) groups is 2. The van der Waals surface area contributed by atoms with Gasteiger partial charge in [0.15, 0.2) is 6.61 Å². The lowest BCUT2D eigenvalue weighted by atomic mass is 10.1. The summed E-state index contributed by atoms with van der Waals surface area (Å²) in [6.07, 6.45) is 4.27. The van der Waals surface area contributed by atoms with Crippen LogP contribution in [0, 0.1) is 13.8 Å². The van der Waals surface area contributed by atoms with Gasteiger partial charge in [-0.1, -0.05) is 42.6 Å². The van der Waals surface area contributed by atoms with Gasteiger partial charge in [0.2, 0.25) is 5.91 Å². The zero-order valence-corrected chi connectivity index (χ0v) is 19.2. The summed E-state index contributed by atoms with van der Waals surface area (Å²) in [7, 11) is 0. The molecule has 6 heteroatoms. The molecule has 0 spiro atoms. The van der Waals surface area contributed by atoms with Gasteiger partial charge in [-0.15, -0.1) is 0 Å². The molecular formula is C25H31ClN2O3. The van der Waals surface area contributed by atoms with E-state index in [0.717, 1.165) is 42.4 Å². The fraction of sp³-hybridized carbons (Fsp3) is 0.440. The molecule has 0 saturated heterocycles. The van der Waals surface area contributed by atoms with Gasteiger partial charge in [-0.3, -0.25) is 9.59 Å². The maximum Gasteiger partial charge on any atom is 0.261 e. The highest BCUT2D eigenvalue weighted by molar-refractivity contribution is 6.30. The predicted molar refractivity (Wildman–Crippen MR) is 123 cm³/mol. The molecule has 166 valence electrons. The Morgan fingerprint density at radius 3 is 2.32 bits per heavy atom. The summed E-state index contributed by atoms with van der Waals surface area (Å²) in [5.74, 6) is 0.296. The molecule has 0 unspecified atom stereocenters. The summed E-state index contributed by atoms with van der Waals surface area (Å²) in [5.41, 5.74) is 3.05. The van der Waals surface area contributed by atoms with Crippen LogP contribution in [0.3, 0.4) is 0 Å². The number of ether oxygens (including phenoxy) is 1. The second kappa shape index (κ2) is 10.7. The van der Waals surface area contributed by atoms with Crippen LogP contribution >= 0.6 is 11.6 Å². The molecule has 1 aliphatic carbocycles. The molecule has 3 rings (SSSR count). The van der Waals surface area contributed by atoms with E-state index in [1.165, 1.54) is 0 Å². The van der Waals surface area contributed by atoms with Crippen LogP contribution in [0.1, 0.15) is 49.3 Å². The van der Waals surface area contributed by atoms with Gasteiger partial charge in [-0.2, -0.15) is 0 Å². The summed E-state index contributed by atoms with van der Waals surface area (Å²) < 4.78 is 5.79. The van der Waals surface area contributed by atoms with Crippen LogP contribution in [-0.2, 0) is 16.1 Å². The van der Waals surface area contributed by atoms with Crippen molar-refractivity contribution in [3.8, 4) is 5.75 Å². The maximum atomic E-state index is 13.1. The van der Waals surface area contributed by atoms with E-state index in [-0.39, 0.29) is 24.5 Å². The van der Waals surface area contributed by atoms with Crippen molar-refractivity contribution >= 4 is 23.4 Å². The van der Waals surface area contributed by atoms with Crippen LogP contribution < -0.4 is 10.1 Å². The number of hydrogen-bond acceptors (Lipinski definition) is 3. The number of halogens is 1. The minimum atomic E-state index is -0.605. The second-order valence-corrected chi connectivity index (χ2v) is 8.86. The number of aryl methyl sites for hydroxylation is 2. The summed E-state index contributed by atoms with van der Waals surface area (Å²) in [5, 5.41) is 3.73. The Balaban J connectivity index is 1.72. The van der Waals surface area contributed by atoms with Gasteiger partial charge in [0.05, 0.1) is 0 Å². The van der Waals surface area contributed by atoms with E-state index in [2.05, 4.69) is 11.4 Å². The lowest BCUT2D eigenvalue weighted by Crippen LogP contribution is -2.50. The van der Waals surface area contributed by atoms with Crippen molar-refractivity contribution in [2.45, 2.75) is 65.1 Å². The topological polar surface area (TPSA) is 58.6 Å². The molecule has 2 aromatic rings. The highest BCUT2D eigenvalue weighted by atomic mass is 35.5. The molecule has 1 aliphatic rings. The molecule has 0 heterocycles. The first-order valence-electron chi connectivity index (χ1n) is 10.9. The third-order valence-electron chi connectivity index (χ3n) is 5.69. The van der Waals surface area contributed by atoms with E-state index in [1.807, 2.05) is 38.1 Å². The van der Waals surface area contributed by atoms with Gasteiger partial charge in [-0.05, 0) is 74.6 Å². The van der Waals surface area contributed by atoms with Gasteiger partial charge < -0.3 is 15.0 Å². The number of rotatable bonds is 8. The Morgan fingerprint density at radius 2 is 1.71 bits per heavy atom. The van der Waals surface area contributed by atoms with Crippen molar-refractivity contribution in [1.29, 1.82) is 0 Å². The monoisotopic (exact) mass is 442 g/mol. The highest BCUT2D eigenvalue weighted by Gasteiger charge is 2.28. The van der Waals surface area contributed by atoms with Gasteiger partial charge in [0.1, 0.15) is 11.8 Å². The Labute approximate surface area is 189 Å². The number of carbonyl (C=O) groups excluding carboxylic acids is 2. The Bertz CT molecular complexity index is 887. The minimum Gasteiger partial charge on any atom is -0.484 e. The summed E-state index contributed by atoms with van der Waals surface area (Å²) in [6, 6.07) is 12.8. The SMILES string of the molecule is Cc1cc(C)cc(OCC(=O)N(Cc2ccc(Cl)cc2)[C@H](C)C(=O)NC2CCCC2)c1. The van der Waals surface area contributed by atoms with E-state index >= 15 is 0 Å². The third kappa shape index (κ3) is 6.73. The van der Waals surface area contributed by atoms with Crippen molar-refractivity contribution in [2.24, 2.45) is 0 Å². The lowest BCUT2D eigenvalue weighted by Gasteiger charge is -2.29. The molecule has 2 amide bonds. The lowest BCUT2D eigenvalue weighted by molar-refractivity contribution is -0.142. The van der Waals surface area contributed by atoms with E-state index < -0.39 is 6.04 Å². The first-order valence-corrected chi connectivity index (χ1v) is 11.2. The summed E-state index contributed by atoms with van der Waals surface area (Å²) >= 11 is 6.00. The van der Waals surface area contributed by atoms with E-state index in [4.69, 9.17) is 16.3 Å². The smallest absolute Gasteiger partial charge is 0.261 e. The fourth-order valence-corrected chi connectivity index (χ4v) is 4.13. The van der Waals surface area contributed by atoms with Crippen molar-refractivity contribution in [3.05, 3.63) is 64.2 Å². The van der Waals surface area contributed by atoms with Crippen LogP contribution in [0.15, 0.2) is 42.5 Å². The van der Waals surface area contributed by atoms with Gasteiger partial charge in [-0.25, -0.2) is 0 Å². The molecule has 0 bridgehead atoms. The molecule has 5 nitrogen and oxygen atoms in total. The molecular weight excluding hydrogens is 412 g/mol. The Hall–Kier alpha value is -2.53. The fourth-order valence-electron chi connectivity index (χ4n) is 4.01. The predicted octanol–water partition coefficient (Wildman–Crippen LogP) is 4.81. The number of nitrogens with one attached hydrogen (secondary N) is 1. The zero-order valence-electron chi connectivity index (χ0n) is 18.5. The number of benzene rings is 2. The van der Waals surface area contributed by atoms with E-state index in [0.29, 0.717) is 17.3 Å². The largest absolute Gasteiger partial charge is 0.484 e. The number of amides is 2. The molecule has 31 heavy (non-hydrogen) atoms. The molecule has 1 N–H and O–H groups in total. The van der Waals surface area contributed by atoms with Crippen molar-refractivity contribution < 1.29 is 14.3 Å². The Kier molecular flexibility index (Phi) is 7.97. The molecule has 2 aromatic carbocycles. The van der Waals surface area contributed by atoms with E-state index in [9.17, 15) is 9.59 Å². The average Bonchev–Trinajstić information content (AvgIpc) is 3.23. The molecule has 1 atom stereocenters. The summed E-state index contributed by atoms with van der Waals surface area (Å²) in [6.45, 7) is 5.94. The first kappa shape index (κ1) is 23.1. The van der Waals surface area contributed by atoms with Crippen molar-refractivity contribution in [3.63, 3.8) is 0 Å². The quantitative estimate of drug-likeness (QED) is 0.638.